The zero-order chi connectivity index (χ0) is 24.8. The summed E-state index contributed by atoms with van der Waals surface area (Å²) >= 11 is 3.65. The van der Waals surface area contributed by atoms with E-state index >= 15 is 0 Å². The molecule has 0 radical (unpaired) electrons. The van der Waals surface area contributed by atoms with Crippen LogP contribution in [-0.4, -0.2) is 15.2 Å². The smallest absolute Gasteiger partial charge is 0.182 e. The van der Waals surface area contributed by atoms with Crippen LogP contribution in [0.2, 0.25) is 0 Å². The van der Waals surface area contributed by atoms with E-state index in [1.807, 2.05) is 11.3 Å². The van der Waals surface area contributed by atoms with Gasteiger partial charge in [0.2, 0.25) is 0 Å². The summed E-state index contributed by atoms with van der Waals surface area (Å²) in [5.41, 5.74) is 2.73. The van der Waals surface area contributed by atoms with E-state index in [0.717, 1.165) is 27.4 Å². The summed E-state index contributed by atoms with van der Waals surface area (Å²) in [6.07, 6.45) is 0. The lowest BCUT2D eigenvalue weighted by Gasteiger charge is -2.10. The minimum Gasteiger partial charge on any atom is -0.224 e. The van der Waals surface area contributed by atoms with Gasteiger partial charge in [-0.05, 0) is 41.1 Å². The van der Waals surface area contributed by atoms with Crippen molar-refractivity contribution in [1.82, 2.24) is 15.2 Å². The Morgan fingerprint density at radius 2 is 1.03 bits per heavy atom. The molecular weight excluding hydrogens is 503 g/mol. The summed E-state index contributed by atoms with van der Waals surface area (Å²) in [6.45, 7) is 0. The van der Waals surface area contributed by atoms with E-state index in [0.29, 0.717) is 5.82 Å². The van der Waals surface area contributed by atoms with Gasteiger partial charge in [0.05, 0.1) is 0 Å². The van der Waals surface area contributed by atoms with Crippen molar-refractivity contribution in [2.24, 2.45) is 0 Å². The number of fused-ring (bicyclic) bond motifs is 12. The second-order valence-corrected chi connectivity index (χ2v) is 11.8. The summed E-state index contributed by atoms with van der Waals surface area (Å²) in [6, 6.07) is 36.8. The Morgan fingerprint density at radius 3 is 1.82 bits per heavy atom. The van der Waals surface area contributed by atoms with Crippen LogP contribution in [0.1, 0.15) is 0 Å². The minimum atomic E-state index is 0.656. The number of hydrogen-bond donors (Lipinski definition) is 0. The number of aromatic nitrogens is 3. The first-order chi connectivity index (χ1) is 18.8. The Hall–Kier alpha value is -4.45. The van der Waals surface area contributed by atoms with Gasteiger partial charge in [0, 0.05) is 56.7 Å². The SMILES string of the molecule is c1ccc2c(c1)sc1cc(-c3nnc4c5cc6c(cc5c5ccccc5c4n3)sc3ccccc36)ccc12. The third kappa shape index (κ3) is 2.80. The predicted molar refractivity (Wildman–Crippen MR) is 164 cm³/mol. The lowest BCUT2D eigenvalue weighted by molar-refractivity contribution is 1.04. The molecule has 0 saturated carbocycles. The van der Waals surface area contributed by atoms with Crippen molar-refractivity contribution in [2.45, 2.75) is 0 Å². The van der Waals surface area contributed by atoms with Crippen LogP contribution in [0, 0.1) is 0 Å². The molecule has 3 heterocycles. The van der Waals surface area contributed by atoms with E-state index in [1.165, 1.54) is 51.1 Å². The van der Waals surface area contributed by atoms with Gasteiger partial charge in [0.1, 0.15) is 11.0 Å². The van der Waals surface area contributed by atoms with E-state index in [2.05, 4.69) is 108 Å². The van der Waals surface area contributed by atoms with Crippen molar-refractivity contribution in [1.29, 1.82) is 0 Å². The Kier molecular flexibility index (Phi) is 4.09. The Bertz CT molecular complexity index is 2420. The van der Waals surface area contributed by atoms with Crippen LogP contribution in [0.4, 0.5) is 0 Å². The second-order valence-electron chi connectivity index (χ2n) is 9.68. The standard InChI is InChI=1S/C33H17N3S2/c1-2-10-23-19(7-1)24-17-30-25(21-9-4-6-12-28(21)38-30)16-26(24)32-31(23)34-33(36-35-32)18-13-14-22-20-8-3-5-11-27(20)37-29(22)15-18/h1-17H. The van der Waals surface area contributed by atoms with Gasteiger partial charge in [-0.2, -0.15) is 0 Å². The highest BCUT2D eigenvalue weighted by Crippen LogP contribution is 2.41. The molecule has 0 aliphatic rings. The van der Waals surface area contributed by atoms with Gasteiger partial charge < -0.3 is 0 Å². The average molecular weight is 520 g/mol. The molecule has 0 saturated heterocycles. The van der Waals surface area contributed by atoms with Gasteiger partial charge in [0.15, 0.2) is 5.82 Å². The molecule has 0 unspecified atom stereocenters. The lowest BCUT2D eigenvalue weighted by Crippen LogP contribution is -1.96. The monoisotopic (exact) mass is 519 g/mol. The van der Waals surface area contributed by atoms with Crippen LogP contribution < -0.4 is 0 Å². The summed E-state index contributed by atoms with van der Waals surface area (Å²) < 4.78 is 5.12. The van der Waals surface area contributed by atoms with Crippen molar-refractivity contribution in [2.75, 3.05) is 0 Å². The second kappa shape index (κ2) is 7.54. The van der Waals surface area contributed by atoms with Crippen LogP contribution in [0.15, 0.2) is 103 Å². The maximum absolute atomic E-state index is 5.15. The molecule has 0 amide bonds. The average Bonchev–Trinajstić information content (AvgIpc) is 3.53. The minimum absolute atomic E-state index is 0.656. The Labute approximate surface area is 224 Å². The third-order valence-corrected chi connectivity index (χ3v) is 9.84. The van der Waals surface area contributed by atoms with Gasteiger partial charge in [-0.25, -0.2) is 4.98 Å². The molecule has 0 aliphatic heterocycles. The molecule has 9 aromatic rings. The first-order valence-electron chi connectivity index (χ1n) is 12.5. The molecule has 5 heteroatoms. The van der Waals surface area contributed by atoms with Crippen LogP contribution in [0.5, 0.6) is 0 Å². The largest absolute Gasteiger partial charge is 0.224 e. The number of benzene rings is 6. The van der Waals surface area contributed by atoms with Crippen molar-refractivity contribution in [3.05, 3.63) is 103 Å². The van der Waals surface area contributed by atoms with E-state index in [9.17, 15) is 0 Å². The zero-order valence-electron chi connectivity index (χ0n) is 20.0. The third-order valence-electron chi connectivity index (χ3n) is 7.57. The van der Waals surface area contributed by atoms with Crippen molar-refractivity contribution in [3.8, 4) is 11.4 Å². The Morgan fingerprint density at radius 1 is 0.395 bits per heavy atom. The summed E-state index contributed by atoms with van der Waals surface area (Å²) in [7, 11) is 0. The molecule has 3 aromatic heterocycles. The van der Waals surface area contributed by atoms with Crippen molar-refractivity contribution in [3.63, 3.8) is 0 Å². The molecule has 9 rings (SSSR count). The fourth-order valence-corrected chi connectivity index (χ4v) is 8.07. The summed E-state index contributed by atoms with van der Waals surface area (Å²) in [5, 5.41) is 19.2. The normalized spacial score (nSPS) is 12.2. The van der Waals surface area contributed by atoms with Gasteiger partial charge in [0.25, 0.3) is 0 Å². The molecule has 6 aromatic carbocycles. The predicted octanol–water partition coefficient (Wildman–Crippen LogP) is 9.73. The number of thiophene rings is 2. The maximum atomic E-state index is 5.15. The van der Waals surface area contributed by atoms with Crippen molar-refractivity contribution >= 4 is 95.6 Å². The number of hydrogen-bond acceptors (Lipinski definition) is 5. The quantitative estimate of drug-likeness (QED) is 0.203. The van der Waals surface area contributed by atoms with Crippen molar-refractivity contribution < 1.29 is 0 Å². The molecule has 38 heavy (non-hydrogen) atoms. The van der Waals surface area contributed by atoms with Crippen LogP contribution in [0.3, 0.4) is 0 Å². The van der Waals surface area contributed by atoms with E-state index in [4.69, 9.17) is 10.1 Å². The molecular formula is C33H17N3S2. The van der Waals surface area contributed by atoms with E-state index in [-0.39, 0.29) is 0 Å². The zero-order valence-corrected chi connectivity index (χ0v) is 21.6. The highest BCUT2D eigenvalue weighted by molar-refractivity contribution is 7.26. The number of rotatable bonds is 1. The Balaban J connectivity index is 1.35. The van der Waals surface area contributed by atoms with Crippen LogP contribution in [0.25, 0.3) is 84.3 Å². The van der Waals surface area contributed by atoms with Gasteiger partial charge in [-0.3, -0.25) is 0 Å². The van der Waals surface area contributed by atoms with Gasteiger partial charge in [-0.1, -0.05) is 72.8 Å². The molecule has 0 spiro atoms. The molecule has 3 nitrogen and oxygen atoms in total. The fourth-order valence-electron chi connectivity index (χ4n) is 5.80. The van der Waals surface area contributed by atoms with Gasteiger partial charge in [-0.15, -0.1) is 32.9 Å². The summed E-state index contributed by atoms with van der Waals surface area (Å²) in [4.78, 5) is 5.15. The van der Waals surface area contributed by atoms with Crippen LogP contribution >= 0.6 is 22.7 Å². The molecule has 176 valence electrons. The molecule has 0 aliphatic carbocycles. The molecule has 0 N–H and O–H groups in total. The summed E-state index contributed by atoms with van der Waals surface area (Å²) in [5.74, 6) is 0.656. The van der Waals surface area contributed by atoms with Crippen LogP contribution in [-0.2, 0) is 0 Å². The molecule has 0 atom stereocenters. The first-order valence-corrected chi connectivity index (χ1v) is 14.2. The first kappa shape index (κ1) is 20.6. The fraction of sp³-hybridized carbons (Fsp3) is 0. The highest BCUT2D eigenvalue weighted by Gasteiger charge is 2.16. The highest BCUT2D eigenvalue weighted by atomic mass is 32.1. The maximum Gasteiger partial charge on any atom is 0.182 e. The topological polar surface area (TPSA) is 38.7 Å². The van der Waals surface area contributed by atoms with E-state index < -0.39 is 0 Å². The molecule has 0 fully saturated rings. The van der Waals surface area contributed by atoms with E-state index in [1.54, 1.807) is 11.3 Å². The molecule has 0 bridgehead atoms. The van der Waals surface area contributed by atoms with Gasteiger partial charge >= 0.3 is 0 Å². The number of nitrogens with zero attached hydrogens (tertiary/aromatic N) is 3. The lowest BCUT2D eigenvalue weighted by atomic mass is 9.98.